The lowest BCUT2D eigenvalue weighted by Gasteiger charge is -2.08. The number of aromatic amines is 1. The average molecular weight is 284 g/mol. The molecule has 3 heterocycles. The number of rotatable bonds is 2. The van der Waals surface area contributed by atoms with Crippen LogP contribution in [0.2, 0.25) is 0 Å². The van der Waals surface area contributed by atoms with Gasteiger partial charge in [0.1, 0.15) is 5.65 Å². The van der Waals surface area contributed by atoms with Crippen LogP contribution >= 0.6 is 0 Å². The average Bonchev–Trinajstić information content (AvgIpc) is 2.76. The van der Waals surface area contributed by atoms with Gasteiger partial charge in [-0.2, -0.15) is 9.61 Å². The molecule has 0 aromatic carbocycles. The zero-order chi connectivity index (χ0) is 15.1. The van der Waals surface area contributed by atoms with Crippen molar-refractivity contribution >= 4 is 5.65 Å². The number of aryl methyl sites for hydroxylation is 1. The molecule has 0 aliphatic heterocycles. The predicted molar refractivity (Wildman–Crippen MR) is 79.5 cm³/mol. The first kappa shape index (κ1) is 13.4. The van der Waals surface area contributed by atoms with Gasteiger partial charge in [-0.15, -0.1) is 0 Å². The number of hydrogen-bond acceptors (Lipinski definition) is 4. The van der Waals surface area contributed by atoms with Crippen molar-refractivity contribution in [2.45, 2.75) is 26.7 Å². The Morgan fingerprint density at radius 1 is 1.33 bits per heavy atom. The van der Waals surface area contributed by atoms with Gasteiger partial charge in [0.15, 0.2) is 0 Å². The van der Waals surface area contributed by atoms with Crippen molar-refractivity contribution in [2.24, 2.45) is 0 Å². The van der Waals surface area contributed by atoms with E-state index in [-0.39, 0.29) is 17.4 Å². The summed E-state index contributed by atoms with van der Waals surface area (Å²) in [5.74, 6) is -0.213. The lowest BCUT2D eigenvalue weighted by molar-refractivity contribution is 0.422. The molecule has 21 heavy (non-hydrogen) atoms. The summed E-state index contributed by atoms with van der Waals surface area (Å²) in [6, 6.07) is 5.53. The van der Waals surface area contributed by atoms with Gasteiger partial charge in [0.2, 0.25) is 5.88 Å². The Balaban J connectivity index is 2.40. The van der Waals surface area contributed by atoms with E-state index in [0.717, 1.165) is 5.56 Å². The van der Waals surface area contributed by atoms with E-state index in [9.17, 15) is 9.90 Å². The predicted octanol–water partition coefficient (Wildman–Crippen LogP) is 2.22. The van der Waals surface area contributed by atoms with Crippen molar-refractivity contribution in [3.63, 3.8) is 0 Å². The highest BCUT2D eigenvalue weighted by atomic mass is 16.3. The zero-order valence-corrected chi connectivity index (χ0v) is 12.1. The molecule has 0 bridgehead atoms. The van der Waals surface area contributed by atoms with Crippen LogP contribution in [0.1, 0.15) is 31.0 Å². The quantitative estimate of drug-likeness (QED) is 0.756. The highest BCUT2D eigenvalue weighted by molar-refractivity contribution is 5.77. The number of aromatic nitrogens is 4. The van der Waals surface area contributed by atoms with Crippen molar-refractivity contribution < 1.29 is 5.11 Å². The van der Waals surface area contributed by atoms with Gasteiger partial charge in [-0.25, -0.2) is 0 Å². The molecule has 0 atom stereocenters. The van der Waals surface area contributed by atoms with Crippen LogP contribution in [-0.2, 0) is 0 Å². The van der Waals surface area contributed by atoms with Crippen LogP contribution in [0.15, 0.2) is 29.2 Å². The Morgan fingerprint density at radius 3 is 2.71 bits per heavy atom. The van der Waals surface area contributed by atoms with E-state index in [1.807, 2.05) is 39.0 Å². The van der Waals surface area contributed by atoms with Gasteiger partial charge >= 0.3 is 0 Å². The van der Waals surface area contributed by atoms with Crippen molar-refractivity contribution in [3.8, 4) is 17.1 Å². The second-order valence-corrected chi connectivity index (χ2v) is 5.28. The van der Waals surface area contributed by atoms with E-state index in [0.29, 0.717) is 22.6 Å². The topological polar surface area (TPSA) is 83.3 Å². The molecule has 0 aliphatic rings. The molecule has 3 aromatic heterocycles. The minimum Gasteiger partial charge on any atom is -0.493 e. The molecule has 3 aromatic rings. The summed E-state index contributed by atoms with van der Waals surface area (Å²) in [4.78, 5) is 19.3. The number of pyridine rings is 1. The smallest absolute Gasteiger partial charge is 0.258 e. The second-order valence-electron chi connectivity index (χ2n) is 5.28. The summed E-state index contributed by atoms with van der Waals surface area (Å²) < 4.78 is 1.37. The molecular weight excluding hydrogens is 268 g/mol. The van der Waals surface area contributed by atoms with Crippen LogP contribution in [0.5, 0.6) is 5.88 Å². The van der Waals surface area contributed by atoms with Gasteiger partial charge in [0, 0.05) is 6.20 Å². The first-order valence-electron chi connectivity index (χ1n) is 6.76. The summed E-state index contributed by atoms with van der Waals surface area (Å²) in [5, 5.41) is 14.7. The Hall–Kier alpha value is -2.63. The lowest BCUT2D eigenvalue weighted by atomic mass is 10.1. The van der Waals surface area contributed by atoms with Gasteiger partial charge in [0.05, 0.1) is 22.5 Å². The fourth-order valence-electron chi connectivity index (χ4n) is 2.52. The van der Waals surface area contributed by atoms with Gasteiger partial charge < -0.3 is 10.1 Å². The zero-order valence-electron chi connectivity index (χ0n) is 12.1. The fourth-order valence-corrected chi connectivity index (χ4v) is 2.52. The highest BCUT2D eigenvalue weighted by Gasteiger charge is 2.20. The first-order valence-corrected chi connectivity index (χ1v) is 6.76. The Bertz CT molecular complexity index is 863. The molecule has 0 aliphatic carbocycles. The van der Waals surface area contributed by atoms with Crippen LogP contribution < -0.4 is 5.56 Å². The minimum absolute atomic E-state index is 0.0963. The maximum atomic E-state index is 12.2. The third kappa shape index (κ3) is 1.99. The number of fused-ring (bicyclic) bond motifs is 1. The largest absolute Gasteiger partial charge is 0.493 e. The SMILES string of the molecule is Cc1nn2c(O)c(C(C)C)c(=O)[nH]c2c1-c1ccccn1. The second kappa shape index (κ2) is 4.73. The number of hydrogen-bond donors (Lipinski definition) is 2. The molecule has 0 radical (unpaired) electrons. The van der Waals surface area contributed by atoms with E-state index in [2.05, 4.69) is 15.1 Å². The molecule has 2 N–H and O–H groups in total. The van der Waals surface area contributed by atoms with E-state index in [1.165, 1.54) is 4.52 Å². The molecule has 6 nitrogen and oxygen atoms in total. The minimum atomic E-state index is -0.299. The third-order valence-corrected chi connectivity index (χ3v) is 3.48. The van der Waals surface area contributed by atoms with Gasteiger partial charge in [0.25, 0.3) is 5.56 Å². The summed E-state index contributed by atoms with van der Waals surface area (Å²) >= 11 is 0. The van der Waals surface area contributed by atoms with Crippen LogP contribution in [0.4, 0.5) is 0 Å². The Kier molecular flexibility index (Phi) is 3.01. The van der Waals surface area contributed by atoms with Crippen molar-refractivity contribution in [2.75, 3.05) is 0 Å². The normalized spacial score (nSPS) is 11.4. The summed E-state index contributed by atoms with van der Waals surface area (Å²) in [6.45, 7) is 5.53. The van der Waals surface area contributed by atoms with E-state index < -0.39 is 0 Å². The third-order valence-electron chi connectivity index (χ3n) is 3.48. The molecule has 0 saturated heterocycles. The van der Waals surface area contributed by atoms with Crippen molar-refractivity contribution in [1.82, 2.24) is 19.6 Å². The van der Waals surface area contributed by atoms with Crippen LogP contribution in [0.25, 0.3) is 16.9 Å². The molecule has 6 heteroatoms. The van der Waals surface area contributed by atoms with Crippen LogP contribution in [0, 0.1) is 6.92 Å². The number of nitrogens with one attached hydrogen (secondary N) is 1. The molecule has 0 spiro atoms. The first-order chi connectivity index (χ1) is 10.0. The van der Waals surface area contributed by atoms with E-state index in [1.54, 1.807) is 6.20 Å². The van der Waals surface area contributed by atoms with E-state index in [4.69, 9.17) is 0 Å². The van der Waals surface area contributed by atoms with Gasteiger partial charge in [-0.3, -0.25) is 9.78 Å². The Labute approximate surface area is 121 Å². The molecule has 0 fully saturated rings. The molecule has 0 saturated carbocycles. The highest BCUT2D eigenvalue weighted by Crippen LogP contribution is 2.29. The van der Waals surface area contributed by atoms with Crippen LogP contribution in [0.3, 0.4) is 0 Å². The maximum Gasteiger partial charge on any atom is 0.258 e. The molecular formula is C15H16N4O2. The standard InChI is InChI=1S/C15H16N4O2/c1-8(2)11-14(20)17-13-12(10-6-4-5-7-16-10)9(3)18-19(13)15(11)21/h4-8,21H,1-3H3,(H,17,20). The molecule has 0 amide bonds. The van der Waals surface area contributed by atoms with Crippen LogP contribution in [-0.4, -0.2) is 24.7 Å². The van der Waals surface area contributed by atoms with Gasteiger partial charge in [-0.05, 0) is 25.0 Å². The molecule has 3 rings (SSSR count). The molecule has 108 valence electrons. The van der Waals surface area contributed by atoms with Crippen molar-refractivity contribution in [3.05, 3.63) is 46.0 Å². The fraction of sp³-hybridized carbons (Fsp3) is 0.267. The number of aromatic hydroxyl groups is 1. The van der Waals surface area contributed by atoms with Crippen molar-refractivity contribution in [1.29, 1.82) is 0 Å². The lowest BCUT2D eigenvalue weighted by Crippen LogP contribution is -2.17. The number of nitrogens with zero attached hydrogens (tertiary/aromatic N) is 3. The summed E-state index contributed by atoms with van der Waals surface area (Å²) in [6.07, 6.45) is 1.68. The molecule has 0 unspecified atom stereocenters. The Morgan fingerprint density at radius 2 is 2.10 bits per heavy atom. The van der Waals surface area contributed by atoms with E-state index >= 15 is 0 Å². The van der Waals surface area contributed by atoms with Gasteiger partial charge in [-0.1, -0.05) is 19.9 Å². The number of H-pyrrole nitrogens is 1. The monoisotopic (exact) mass is 284 g/mol. The summed E-state index contributed by atoms with van der Waals surface area (Å²) in [7, 11) is 0. The summed E-state index contributed by atoms with van der Waals surface area (Å²) in [5.41, 5.74) is 2.61. The maximum absolute atomic E-state index is 12.2.